The summed E-state index contributed by atoms with van der Waals surface area (Å²) in [5.74, 6) is 0. The Labute approximate surface area is 97.9 Å². The fourth-order valence-electron chi connectivity index (χ4n) is 1.28. The fourth-order valence-corrected chi connectivity index (χ4v) is 8.02. The molecule has 0 radical (unpaired) electrons. The summed E-state index contributed by atoms with van der Waals surface area (Å²) in [5, 5.41) is 0. The Hall–Kier alpha value is 0.616. The van der Waals surface area contributed by atoms with Crippen LogP contribution in [-0.2, 0) is 0 Å². The van der Waals surface area contributed by atoms with Gasteiger partial charge in [0.2, 0.25) is 0 Å². The van der Waals surface area contributed by atoms with Crippen molar-refractivity contribution in [2.24, 2.45) is 0 Å². The molecule has 0 saturated carbocycles. The molecule has 0 N–H and O–H groups in total. The Kier molecular flexibility index (Phi) is 6.53. The molecule has 0 saturated heterocycles. The zero-order valence-electron chi connectivity index (χ0n) is 10.8. The fraction of sp³-hybridized carbons (Fsp3) is 0.750. The molecular weight excluding hydrogens is 300 g/mol. The molecule has 0 rings (SSSR count). The molecule has 2 heteroatoms. The standard InChI is InChI=1S/C12H26SiTe/c1-11(2)14(12(3)4)10-8-9-13(5,6)7/h8-12H,1-7H3/b9-8+. The number of allylic oxidation sites excluding steroid dienone is 1. The van der Waals surface area contributed by atoms with Gasteiger partial charge in [0, 0.05) is 0 Å². The molecule has 0 aliphatic rings. The van der Waals surface area contributed by atoms with Crippen molar-refractivity contribution >= 4 is 31.2 Å². The van der Waals surface area contributed by atoms with Crippen LogP contribution in [0, 0.1) is 0 Å². The Bertz CT molecular complexity index is 209. The van der Waals surface area contributed by atoms with Crippen LogP contribution in [0.1, 0.15) is 27.7 Å². The molecular formula is C12H26SiTe. The van der Waals surface area contributed by atoms with Gasteiger partial charge in [0.15, 0.2) is 0 Å². The van der Waals surface area contributed by atoms with Gasteiger partial charge in [-0.2, -0.15) is 0 Å². The first-order valence-corrected chi connectivity index (χ1v) is 13.1. The minimum absolute atomic E-state index is 0.921. The van der Waals surface area contributed by atoms with Gasteiger partial charge in [-0.25, -0.2) is 0 Å². The van der Waals surface area contributed by atoms with Gasteiger partial charge >= 0.3 is 98.2 Å². The van der Waals surface area contributed by atoms with E-state index in [1.807, 2.05) is 0 Å². The molecule has 0 aliphatic heterocycles. The Morgan fingerprint density at radius 1 is 0.929 bits per heavy atom. The summed E-state index contributed by atoms with van der Waals surface area (Å²) in [6.07, 6.45) is 2.38. The van der Waals surface area contributed by atoms with Gasteiger partial charge in [-0.1, -0.05) is 0 Å². The Morgan fingerprint density at radius 3 is 1.64 bits per heavy atom. The first-order chi connectivity index (χ1) is 6.24. The molecule has 0 amide bonds. The molecule has 0 unspecified atom stereocenters. The molecule has 0 aromatic heterocycles. The van der Waals surface area contributed by atoms with Crippen LogP contribution in [-0.4, -0.2) is 31.2 Å². The quantitative estimate of drug-likeness (QED) is 0.682. The first-order valence-electron chi connectivity index (χ1n) is 5.47. The van der Waals surface area contributed by atoms with Crippen LogP contribution >= 0.6 is 0 Å². The zero-order chi connectivity index (χ0) is 11.4. The van der Waals surface area contributed by atoms with E-state index in [-0.39, 0.29) is 0 Å². The van der Waals surface area contributed by atoms with Crippen molar-refractivity contribution in [2.45, 2.75) is 55.3 Å². The number of hydrogen-bond donors (Lipinski definition) is 0. The van der Waals surface area contributed by atoms with E-state index in [0.29, 0.717) is 0 Å². The van der Waals surface area contributed by atoms with Crippen LogP contribution in [0.25, 0.3) is 0 Å². The molecule has 0 aliphatic carbocycles. The average molecular weight is 326 g/mol. The molecule has 14 heavy (non-hydrogen) atoms. The maximum absolute atomic E-state index is 2.57. The summed E-state index contributed by atoms with van der Waals surface area (Å²) >= 11 is -0.970. The predicted molar refractivity (Wildman–Crippen MR) is 74.5 cm³/mol. The van der Waals surface area contributed by atoms with Gasteiger partial charge < -0.3 is 0 Å². The SMILES string of the molecule is CC(C)[Te](=C/C=C/[Si](C)(C)C)C(C)C. The van der Waals surface area contributed by atoms with Gasteiger partial charge in [0.05, 0.1) is 0 Å². The molecule has 0 fully saturated rings. The summed E-state index contributed by atoms with van der Waals surface area (Å²) in [6.45, 7) is 16.7. The molecule has 0 aromatic carbocycles. The molecule has 0 spiro atoms. The van der Waals surface area contributed by atoms with E-state index >= 15 is 0 Å². The van der Waals surface area contributed by atoms with E-state index in [4.69, 9.17) is 0 Å². The molecule has 0 nitrogen and oxygen atoms in total. The minimum atomic E-state index is -0.978. The van der Waals surface area contributed by atoms with Crippen LogP contribution < -0.4 is 0 Å². The van der Waals surface area contributed by atoms with Crippen LogP contribution in [0.5, 0.6) is 0 Å². The molecule has 84 valence electrons. The van der Waals surface area contributed by atoms with E-state index in [0.717, 1.165) is 7.93 Å². The van der Waals surface area contributed by atoms with Crippen LogP contribution in [0.15, 0.2) is 11.8 Å². The second kappa shape index (κ2) is 6.25. The van der Waals surface area contributed by atoms with Gasteiger partial charge in [0.25, 0.3) is 0 Å². The van der Waals surface area contributed by atoms with Gasteiger partial charge in [-0.15, -0.1) is 0 Å². The third kappa shape index (κ3) is 6.98. The second-order valence-corrected chi connectivity index (χ2v) is 18.9. The summed E-state index contributed by atoms with van der Waals surface area (Å²) in [6, 6.07) is 0. The van der Waals surface area contributed by atoms with Crippen molar-refractivity contribution in [1.82, 2.24) is 0 Å². The Balaban J connectivity index is 4.54. The number of rotatable bonds is 4. The van der Waals surface area contributed by atoms with Crippen molar-refractivity contribution in [3.8, 4) is 0 Å². The van der Waals surface area contributed by atoms with Crippen molar-refractivity contribution < 1.29 is 0 Å². The monoisotopic (exact) mass is 328 g/mol. The third-order valence-electron chi connectivity index (χ3n) is 1.92. The second-order valence-electron chi connectivity index (χ2n) is 5.37. The topological polar surface area (TPSA) is 0 Å². The average Bonchev–Trinajstić information content (AvgIpc) is 1.94. The first kappa shape index (κ1) is 14.6. The van der Waals surface area contributed by atoms with E-state index < -0.39 is 27.2 Å². The predicted octanol–water partition coefficient (Wildman–Crippen LogP) is 4.12. The summed E-state index contributed by atoms with van der Waals surface area (Å²) < 4.78 is 4.41. The maximum atomic E-state index is 2.57. The van der Waals surface area contributed by atoms with Crippen LogP contribution in [0.3, 0.4) is 0 Å². The van der Waals surface area contributed by atoms with Gasteiger partial charge in [0.1, 0.15) is 0 Å². The number of hydrogen-bond acceptors (Lipinski definition) is 0. The molecule has 0 bridgehead atoms. The zero-order valence-corrected chi connectivity index (χ0v) is 14.1. The van der Waals surface area contributed by atoms with Crippen molar-refractivity contribution in [2.75, 3.05) is 0 Å². The van der Waals surface area contributed by atoms with E-state index in [1.165, 1.54) is 0 Å². The molecule has 0 atom stereocenters. The van der Waals surface area contributed by atoms with E-state index in [2.05, 4.69) is 63.2 Å². The van der Waals surface area contributed by atoms with Crippen LogP contribution in [0.4, 0.5) is 0 Å². The van der Waals surface area contributed by atoms with Crippen molar-refractivity contribution in [3.05, 3.63) is 11.8 Å². The summed E-state index contributed by atoms with van der Waals surface area (Å²) in [7, 11) is -0.978. The molecule has 0 aromatic rings. The third-order valence-corrected chi connectivity index (χ3v) is 10.7. The molecule has 0 heterocycles. The van der Waals surface area contributed by atoms with E-state index in [9.17, 15) is 0 Å². The van der Waals surface area contributed by atoms with Crippen LogP contribution in [0.2, 0.25) is 27.6 Å². The Morgan fingerprint density at radius 2 is 1.36 bits per heavy atom. The van der Waals surface area contributed by atoms with Gasteiger partial charge in [-0.05, 0) is 0 Å². The van der Waals surface area contributed by atoms with Crippen molar-refractivity contribution in [3.63, 3.8) is 0 Å². The summed E-state index contributed by atoms with van der Waals surface area (Å²) in [5.41, 5.74) is 2.46. The van der Waals surface area contributed by atoms with E-state index in [1.54, 1.807) is 0 Å². The van der Waals surface area contributed by atoms with Gasteiger partial charge in [-0.3, -0.25) is 0 Å². The van der Waals surface area contributed by atoms with Crippen molar-refractivity contribution in [1.29, 1.82) is 0 Å². The summed E-state index contributed by atoms with van der Waals surface area (Å²) in [4.78, 5) is 0. The normalized spacial score (nSPS) is 13.6.